The number of carbonyl (C=O) groups excluding carboxylic acids is 1. The van der Waals surface area contributed by atoms with E-state index in [4.69, 9.17) is 0 Å². The van der Waals surface area contributed by atoms with Crippen LogP contribution in [0.15, 0.2) is 47.8 Å². The van der Waals surface area contributed by atoms with Gasteiger partial charge in [0.15, 0.2) is 0 Å². The molecule has 0 aliphatic carbocycles. The zero-order valence-corrected chi connectivity index (χ0v) is 18.5. The molecular formula is C23H22F3N7O. The number of aromatic nitrogens is 3. The van der Waals surface area contributed by atoms with Crippen molar-refractivity contribution in [1.82, 2.24) is 25.5 Å². The average molecular weight is 469 g/mol. The molecule has 11 heteroatoms. The molecule has 0 fully saturated rings. The topological polar surface area (TPSA) is 89.5 Å². The minimum Gasteiger partial charge on any atom is -0.343 e. The fourth-order valence-electron chi connectivity index (χ4n) is 4.28. The first-order chi connectivity index (χ1) is 16.2. The van der Waals surface area contributed by atoms with Gasteiger partial charge in [0.1, 0.15) is 18.3 Å². The Labute approximate surface area is 193 Å². The van der Waals surface area contributed by atoms with Gasteiger partial charge in [-0.15, -0.1) is 0 Å². The third-order valence-electron chi connectivity index (χ3n) is 6.19. The maximum atomic E-state index is 13.6. The van der Waals surface area contributed by atoms with Crippen LogP contribution in [0.2, 0.25) is 0 Å². The van der Waals surface area contributed by atoms with E-state index in [-0.39, 0.29) is 23.6 Å². The van der Waals surface area contributed by atoms with Crippen molar-refractivity contribution < 1.29 is 18.0 Å². The number of halogens is 3. The first-order valence-corrected chi connectivity index (χ1v) is 10.7. The molecule has 2 aliphatic rings. The van der Waals surface area contributed by atoms with Gasteiger partial charge in [0.05, 0.1) is 24.0 Å². The van der Waals surface area contributed by atoms with Crippen LogP contribution in [0.4, 0.5) is 19.0 Å². The Bertz CT molecular complexity index is 1270. The largest absolute Gasteiger partial charge is 0.416 e. The van der Waals surface area contributed by atoms with E-state index in [1.807, 2.05) is 24.9 Å². The molecule has 0 radical (unpaired) electrons. The molecule has 0 saturated carbocycles. The Morgan fingerprint density at radius 2 is 2.06 bits per heavy atom. The molecule has 1 atom stereocenters. The van der Waals surface area contributed by atoms with Gasteiger partial charge >= 0.3 is 6.18 Å². The van der Waals surface area contributed by atoms with Gasteiger partial charge < -0.3 is 4.90 Å². The molecule has 2 aromatic heterocycles. The van der Waals surface area contributed by atoms with Crippen LogP contribution in [0.5, 0.6) is 0 Å². The molecule has 0 bridgehead atoms. The molecule has 5 rings (SSSR count). The van der Waals surface area contributed by atoms with E-state index < -0.39 is 17.6 Å². The number of hydrazone groups is 1. The Morgan fingerprint density at radius 1 is 1.24 bits per heavy atom. The zero-order chi connectivity index (χ0) is 24.0. The number of nitrogens with one attached hydrogen (secondary N) is 2. The fourth-order valence-corrected chi connectivity index (χ4v) is 4.28. The number of amides is 1. The quantitative estimate of drug-likeness (QED) is 0.591. The van der Waals surface area contributed by atoms with Crippen molar-refractivity contribution in [3.05, 3.63) is 65.0 Å². The van der Waals surface area contributed by atoms with Crippen LogP contribution in [0.1, 0.15) is 46.3 Å². The van der Waals surface area contributed by atoms with E-state index in [0.29, 0.717) is 30.2 Å². The highest BCUT2D eigenvalue weighted by molar-refractivity contribution is 6.10. The van der Waals surface area contributed by atoms with Crippen molar-refractivity contribution in [3.8, 4) is 11.3 Å². The molecule has 2 N–H and O–H groups in total. The third kappa shape index (κ3) is 3.87. The van der Waals surface area contributed by atoms with Crippen LogP contribution in [0, 0.1) is 0 Å². The summed E-state index contributed by atoms with van der Waals surface area (Å²) in [7, 11) is 1.94. The first-order valence-electron chi connectivity index (χ1n) is 10.7. The fraction of sp³-hybridized carbons (Fsp3) is 0.304. The smallest absolute Gasteiger partial charge is 0.343 e. The molecule has 8 nitrogen and oxygen atoms in total. The number of pyridine rings is 1. The number of alkyl halides is 3. The van der Waals surface area contributed by atoms with E-state index in [1.165, 1.54) is 17.0 Å². The lowest BCUT2D eigenvalue weighted by molar-refractivity contribution is -0.138. The summed E-state index contributed by atoms with van der Waals surface area (Å²) < 4.78 is 40.7. The first kappa shape index (κ1) is 21.9. The second kappa shape index (κ2) is 8.15. The van der Waals surface area contributed by atoms with Gasteiger partial charge in [-0.3, -0.25) is 20.2 Å². The van der Waals surface area contributed by atoms with Crippen LogP contribution in [-0.4, -0.2) is 45.5 Å². The molecule has 176 valence electrons. The molecule has 3 aromatic rings. The maximum Gasteiger partial charge on any atom is 0.416 e. The molecule has 1 aromatic carbocycles. The number of rotatable bonds is 5. The summed E-state index contributed by atoms with van der Waals surface area (Å²) in [5.74, 6) is 0.713. The maximum absolute atomic E-state index is 13.6. The lowest BCUT2D eigenvalue weighted by Crippen LogP contribution is -2.26. The van der Waals surface area contributed by atoms with E-state index >= 15 is 0 Å². The minimum absolute atomic E-state index is 0.0133. The standard InChI is InChI=1S/C23H22F3N7O/c1-13(6-21-31-29-12-32(21)2)14-7-19(15-9-27-28-10-15)30-20(8-14)33-11-17-16(22(33)34)4-3-5-18(17)23(24,25)26/h3-5,7-10,13,29H,6,11-12H2,1-2H3,(H,27,28)/t13-/m1/s1. The monoisotopic (exact) mass is 469 g/mol. The predicted molar refractivity (Wildman–Crippen MR) is 120 cm³/mol. The van der Waals surface area contributed by atoms with Crippen LogP contribution in [0.3, 0.4) is 0 Å². The van der Waals surface area contributed by atoms with Gasteiger partial charge in [0.25, 0.3) is 5.91 Å². The van der Waals surface area contributed by atoms with Crippen molar-refractivity contribution in [1.29, 1.82) is 0 Å². The van der Waals surface area contributed by atoms with Crippen LogP contribution in [0.25, 0.3) is 11.3 Å². The molecule has 34 heavy (non-hydrogen) atoms. The second-order valence-corrected chi connectivity index (χ2v) is 8.50. The van der Waals surface area contributed by atoms with Gasteiger partial charge in [-0.1, -0.05) is 13.0 Å². The summed E-state index contributed by atoms with van der Waals surface area (Å²) in [4.78, 5) is 21.1. The molecule has 4 heterocycles. The van der Waals surface area contributed by atoms with E-state index in [0.717, 1.165) is 17.5 Å². The van der Waals surface area contributed by atoms with Crippen LogP contribution in [-0.2, 0) is 12.7 Å². The number of H-pyrrole nitrogens is 1. The second-order valence-electron chi connectivity index (χ2n) is 8.50. The number of hydrogen-bond acceptors (Lipinski definition) is 6. The van der Waals surface area contributed by atoms with Gasteiger partial charge in [-0.25, -0.2) is 4.98 Å². The lowest BCUT2D eigenvalue weighted by atomic mass is 9.96. The highest BCUT2D eigenvalue weighted by Crippen LogP contribution is 2.39. The predicted octanol–water partition coefficient (Wildman–Crippen LogP) is 3.95. The van der Waals surface area contributed by atoms with E-state index in [1.54, 1.807) is 18.5 Å². The Kier molecular flexibility index (Phi) is 5.26. The van der Waals surface area contributed by atoms with Gasteiger partial charge in [-0.2, -0.15) is 23.4 Å². The van der Waals surface area contributed by atoms with Crippen LogP contribution >= 0.6 is 0 Å². The summed E-state index contributed by atoms with van der Waals surface area (Å²) in [6, 6.07) is 7.38. The third-order valence-corrected chi connectivity index (χ3v) is 6.19. The number of fused-ring (bicyclic) bond motifs is 1. The number of amidine groups is 1. The minimum atomic E-state index is -4.55. The molecule has 0 spiro atoms. The molecule has 2 aliphatic heterocycles. The SMILES string of the molecule is C[C@H](CC1=NNCN1C)c1cc(-c2cn[nH]c2)nc(N2Cc3c(cccc3C(F)(F)F)C2=O)c1. The number of nitrogens with zero attached hydrogens (tertiary/aromatic N) is 5. The average Bonchev–Trinajstić information content (AvgIpc) is 3.54. The normalized spacial score (nSPS) is 16.5. The molecule has 0 saturated heterocycles. The van der Waals surface area contributed by atoms with Gasteiger partial charge in [0, 0.05) is 30.8 Å². The van der Waals surface area contributed by atoms with Crippen molar-refractivity contribution >= 4 is 17.6 Å². The zero-order valence-electron chi connectivity index (χ0n) is 18.5. The van der Waals surface area contributed by atoms with Crippen molar-refractivity contribution in [3.63, 3.8) is 0 Å². The Morgan fingerprint density at radius 3 is 2.74 bits per heavy atom. The Balaban J connectivity index is 1.54. The summed E-state index contributed by atoms with van der Waals surface area (Å²) in [5, 5.41) is 11.0. The van der Waals surface area contributed by atoms with Gasteiger partial charge in [0.2, 0.25) is 0 Å². The van der Waals surface area contributed by atoms with E-state index in [2.05, 4.69) is 25.7 Å². The summed E-state index contributed by atoms with van der Waals surface area (Å²) in [6.45, 7) is 2.47. The molecular weight excluding hydrogens is 447 g/mol. The highest BCUT2D eigenvalue weighted by Gasteiger charge is 2.40. The Hall–Kier alpha value is -3.89. The highest BCUT2D eigenvalue weighted by atomic mass is 19.4. The summed E-state index contributed by atoms with van der Waals surface area (Å²) in [6.07, 6.45) is -0.608. The lowest BCUT2D eigenvalue weighted by Gasteiger charge is -2.21. The van der Waals surface area contributed by atoms with Gasteiger partial charge in [-0.05, 0) is 41.3 Å². The molecule has 0 unspecified atom stereocenters. The number of carbonyl (C=O) groups is 1. The number of anilines is 1. The number of aromatic amines is 1. The van der Waals surface area contributed by atoms with E-state index in [9.17, 15) is 18.0 Å². The number of hydrogen-bond donors (Lipinski definition) is 2. The van der Waals surface area contributed by atoms with Crippen molar-refractivity contribution in [2.24, 2.45) is 5.10 Å². The number of benzene rings is 1. The van der Waals surface area contributed by atoms with Crippen molar-refractivity contribution in [2.45, 2.75) is 32.0 Å². The summed E-state index contributed by atoms with van der Waals surface area (Å²) in [5.41, 5.74) is 4.35. The summed E-state index contributed by atoms with van der Waals surface area (Å²) >= 11 is 0. The molecule has 1 amide bonds. The van der Waals surface area contributed by atoms with Crippen molar-refractivity contribution in [2.75, 3.05) is 18.6 Å². The van der Waals surface area contributed by atoms with Crippen LogP contribution < -0.4 is 10.3 Å².